The molecule has 90 valence electrons. The summed E-state index contributed by atoms with van der Waals surface area (Å²) in [6, 6.07) is 5.24. The predicted octanol–water partition coefficient (Wildman–Crippen LogP) is -0.453. The molecular formula is C11H14BNO4. The molecule has 0 bridgehead atoms. The van der Waals surface area contributed by atoms with E-state index < -0.39 is 19.1 Å². The van der Waals surface area contributed by atoms with Gasteiger partial charge in [0.05, 0.1) is 6.61 Å². The number of hydrogen-bond donors (Lipinski definition) is 2. The van der Waals surface area contributed by atoms with E-state index in [0.717, 1.165) is 5.56 Å². The average molecular weight is 235 g/mol. The molecule has 0 radical (unpaired) electrons. The van der Waals surface area contributed by atoms with Crippen LogP contribution in [0.3, 0.4) is 0 Å². The Balaban J connectivity index is 2.18. The Morgan fingerprint density at radius 3 is 3.12 bits per heavy atom. The van der Waals surface area contributed by atoms with Gasteiger partial charge in [0.15, 0.2) is 6.10 Å². The fourth-order valence-electron chi connectivity index (χ4n) is 1.77. The molecule has 3 N–H and O–H groups in total. The minimum absolute atomic E-state index is 0.393. The van der Waals surface area contributed by atoms with E-state index in [0.29, 0.717) is 24.2 Å². The second-order valence-electron chi connectivity index (χ2n) is 3.94. The van der Waals surface area contributed by atoms with E-state index in [9.17, 15) is 9.82 Å². The highest BCUT2D eigenvalue weighted by molar-refractivity contribution is 6.61. The molecule has 0 aliphatic carbocycles. The van der Waals surface area contributed by atoms with E-state index in [4.69, 9.17) is 15.1 Å². The average Bonchev–Trinajstić information content (AvgIpc) is 2.67. The van der Waals surface area contributed by atoms with Gasteiger partial charge in [-0.25, -0.2) is 0 Å². The highest BCUT2D eigenvalue weighted by Gasteiger charge is 2.28. The zero-order valence-electron chi connectivity index (χ0n) is 9.55. The van der Waals surface area contributed by atoms with Crippen molar-refractivity contribution in [3.05, 3.63) is 23.8 Å². The zero-order chi connectivity index (χ0) is 12.4. The monoisotopic (exact) mass is 235 g/mol. The van der Waals surface area contributed by atoms with E-state index in [1.165, 1.54) is 0 Å². The summed E-state index contributed by atoms with van der Waals surface area (Å²) in [5.41, 5.74) is 6.81. The maximum absolute atomic E-state index is 11.1. The molecule has 0 saturated carbocycles. The van der Waals surface area contributed by atoms with Crippen LogP contribution in [-0.4, -0.2) is 24.2 Å². The number of carbonyl (C=O) groups excluding carboxylic acids is 1. The third-order valence-corrected chi connectivity index (χ3v) is 2.75. The zero-order valence-corrected chi connectivity index (χ0v) is 9.55. The Bertz CT molecular complexity index is 437. The first-order valence-corrected chi connectivity index (χ1v) is 5.50. The lowest BCUT2D eigenvalue weighted by atomic mass is 9.79. The number of amides is 1. The molecule has 5 nitrogen and oxygen atoms in total. The molecule has 0 fully saturated rings. The van der Waals surface area contributed by atoms with Crippen LogP contribution in [0, 0.1) is 0 Å². The summed E-state index contributed by atoms with van der Waals surface area (Å²) in [6.45, 7) is 2.21. The smallest absolute Gasteiger partial charge is 0.481 e. The molecule has 2 rings (SSSR count). The normalized spacial score (nSPS) is 15.5. The first-order chi connectivity index (χ1) is 8.11. The van der Waals surface area contributed by atoms with Gasteiger partial charge < -0.3 is 20.1 Å². The number of ether oxygens (including phenoxy) is 1. The summed E-state index contributed by atoms with van der Waals surface area (Å²) < 4.78 is 10.5. The maximum atomic E-state index is 11.1. The molecule has 1 atom stereocenters. The van der Waals surface area contributed by atoms with Crippen molar-refractivity contribution in [2.45, 2.75) is 26.1 Å². The summed E-state index contributed by atoms with van der Waals surface area (Å²) in [5, 5.41) is 9.54. The lowest BCUT2D eigenvalue weighted by Gasteiger charge is -2.14. The van der Waals surface area contributed by atoms with Gasteiger partial charge in [0.1, 0.15) is 5.75 Å². The van der Waals surface area contributed by atoms with Gasteiger partial charge in [-0.1, -0.05) is 13.0 Å². The third kappa shape index (κ3) is 2.43. The van der Waals surface area contributed by atoms with Crippen LogP contribution in [0.4, 0.5) is 0 Å². The molecule has 0 aromatic heterocycles. The number of hydrogen-bond acceptors (Lipinski definition) is 4. The van der Waals surface area contributed by atoms with Gasteiger partial charge in [-0.2, -0.15) is 0 Å². The summed E-state index contributed by atoms with van der Waals surface area (Å²) in [5.74, 6) is 0.0174. The van der Waals surface area contributed by atoms with Gasteiger partial charge in [-0.05, 0) is 29.6 Å². The molecule has 1 aliphatic rings. The number of nitrogens with two attached hydrogens (primary N) is 1. The predicted molar refractivity (Wildman–Crippen MR) is 62.7 cm³/mol. The Kier molecular flexibility index (Phi) is 3.35. The van der Waals surface area contributed by atoms with Crippen LogP contribution < -0.4 is 15.9 Å². The first kappa shape index (κ1) is 11.9. The van der Waals surface area contributed by atoms with Crippen LogP contribution in [0.2, 0.25) is 0 Å². The van der Waals surface area contributed by atoms with Crippen molar-refractivity contribution < 1.29 is 19.2 Å². The quantitative estimate of drug-likeness (QED) is 0.692. The van der Waals surface area contributed by atoms with E-state index in [1.807, 2.05) is 13.0 Å². The van der Waals surface area contributed by atoms with Crippen molar-refractivity contribution in [3.63, 3.8) is 0 Å². The van der Waals surface area contributed by atoms with E-state index in [1.54, 1.807) is 12.1 Å². The fraction of sp³-hybridized carbons (Fsp3) is 0.364. The SMILES string of the molecule is CCC(Oc1ccc2c(c1)B(O)OC2)C(N)=O. The largest absolute Gasteiger partial charge is 0.491 e. The van der Waals surface area contributed by atoms with Crippen molar-refractivity contribution in [2.24, 2.45) is 5.73 Å². The minimum atomic E-state index is -0.915. The molecular weight excluding hydrogens is 221 g/mol. The molecule has 0 spiro atoms. The lowest BCUT2D eigenvalue weighted by molar-refractivity contribution is -0.124. The first-order valence-electron chi connectivity index (χ1n) is 5.50. The molecule has 1 amide bonds. The van der Waals surface area contributed by atoms with Gasteiger partial charge in [0.25, 0.3) is 5.91 Å². The minimum Gasteiger partial charge on any atom is -0.481 e. The van der Waals surface area contributed by atoms with Crippen LogP contribution in [0.15, 0.2) is 18.2 Å². The van der Waals surface area contributed by atoms with Crippen LogP contribution >= 0.6 is 0 Å². The highest BCUT2D eigenvalue weighted by Crippen LogP contribution is 2.17. The van der Waals surface area contributed by atoms with Gasteiger partial charge >= 0.3 is 7.12 Å². The summed E-state index contributed by atoms with van der Waals surface area (Å²) in [7, 11) is -0.915. The van der Waals surface area contributed by atoms with Crippen LogP contribution in [0.25, 0.3) is 0 Å². The second-order valence-corrected chi connectivity index (χ2v) is 3.94. The van der Waals surface area contributed by atoms with Gasteiger partial charge in [-0.15, -0.1) is 0 Å². The van der Waals surface area contributed by atoms with E-state index in [2.05, 4.69) is 0 Å². The van der Waals surface area contributed by atoms with Crippen molar-refractivity contribution in [1.82, 2.24) is 0 Å². The van der Waals surface area contributed by atoms with Crippen molar-refractivity contribution in [3.8, 4) is 5.75 Å². The number of primary amides is 1. The van der Waals surface area contributed by atoms with Crippen LogP contribution in [0.1, 0.15) is 18.9 Å². The topological polar surface area (TPSA) is 81.8 Å². The number of carbonyl (C=O) groups is 1. The highest BCUT2D eigenvalue weighted by atomic mass is 16.5. The Hall–Kier alpha value is -1.53. The molecule has 1 unspecified atom stereocenters. The Morgan fingerprint density at radius 1 is 1.71 bits per heavy atom. The molecule has 1 heterocycles. The molecule has 1 aliphatic heterocycles. The van der Waals surface area contributed by atoms with Gasteiger partial charge in [0, 0.05) is 0 Å². The summed E-state index contributed by atoms with van der Waals surface area (Å²) in [4.78, 5) is 11.1. The molecule has 1 aromatic rings. The van der Waals surface area contributed by atoms with Crippen molar-refractivity contribution >= 4 is 18.5 Å². The molecule has 0 saturated heterocycles. The maximum Gasteiger partial charge on any atom is 0.491 e. The number of rotatable bonds is 4. The lowest BCUT2D eigenvalue weighted by Crippen LogP contribution is -2.34. The van der Waals surface area contributed by atoms with Crippen molar-refractivity contribution in [2.75, 3.05) is 0 Å². The van der Waals surface area contributed by atoms with E-state index >= 15 is 0 Å². The molecule has 6 heteroatoms. The number of benzene rings is 1. The fourth-order valence-corrected chi connectivity index (χ4v) is 1.77. The van der Waals surface area contributed by atoms with E-state index in [-0.39, 0.29) is 0 Å². The standard InChI is InChI=1S/C11H14BNO4/c1-2-10(11(13)14)17-8-4-3-7-6-16-12(15)9(7)5-8/h3-5,10,15H,2,6H2,1H3,(H2,13,14). The third-order valence-electron chi connectivity index (χ3n) is 2.75. The van der Waals surface area contributed by atoms with Crippen LogP contribution in [-0.2, 0) is 16.1 Å². The van der Waals surface area contributed by atoms with Gasteiger partial charge in [-0.3, -0.25) is 4.79 Å². The van der Waals surface area contributed by atoms with Crippen molar-refractivity contribution in [1.29, 1.82) is 0 Å². The summed E-state index contributed by atoms with van der Waals surface area (Å²) in [6.07, 6.45) is -0.140. The Labute approximate surface area is 99.7 Å². The van der Waals surface area contributed by atoms with Crippen LogP contribution in [0.5, 0.6) is 5.75 Å². The molecule has 1 aromatic carbocycles. The molecule has 17 heavy (non-hydrogen) atoms. The van der Waals surface area contributed by atoms with Gasteiger partial charge in [0.2, 0.25) is 0 Å². The summed E-state index contributed by atoms with van der Waals surface area (Å²) >= 11 is 0. The number of fused-ring (bicyclic) bond motifs is 1. The second kappa shape index (κ2) is 4.77. The Morgan fingerprint density at radius 2 is 2.47 bits per heavy atom.